The SMILES string of the molecule is O[C@]1(c2cn[nH]n2)CCN(c2ccnc3cc(Cl)ccc23)C1. The molecule has 3 aromatic rings. The minimum Gasteiger partial charge on any atom is -0.381 e. The summed E-state index contributed by atoms with van der Waals surface area (Å²) in [7, 11) is 0. The summed E-state index contributed by atoms with van der Waals surface area (Å²) >= 11 is 6.03. The average Bonchev–Trinajstić information content (AvgIpc) is 3.16. The second kappa shape index (κ2) is 4.93. The van der Waals surface area contributed by atoms with Crippen LogP contribution in [0.3, 0.4) is 0 Å². The smallest absolute Gasteiger partial charge is 0.129 e. The molecule has 0 aliphatic carbocycles. The second-order valence-electron chi connectivity index (χ2n) is 5.55. The van der Waals surface area contributed by atoms with E-state index in [4.69, 9.17) is 11.6 Å². The summed E-state index contributed by atoms with van der Waals surface area (Å²) in [6, 6.07) is 7.63. The quantitative estimate of drug-likeness (QED) is 0.757. The van der Waals surface area contributed by atoms with Gasteiger partial charge in [0.1, 0.15) is 11.3 Å². The first-order valence-corrected chi connectivity index (χ1v) is 7.41. The summed E-state index contributed by atoms with van der Waals surface area (Å²) in [6.45, 7) is 1.21. The molecule has 0 radical (unpaired) electrons. The van der Waals surface area contributed by atoms with Crippen molar-refractivity contribution in [1.29, 1.82) is 0 Å². The molecule has 22 heavy (non-hydrogen) atoms. The molecule has 1 saturated heterocycles. The van der Waals surface area contributed by atoms with Crippen molar-refractivity contribution >= 4 is 28.2 Å². The van der Waals surface area contributed by atoms with E-state index in [-0.39, 0.29) is 0 Å². The number of nitrogens with one attached hydrogen (secondary N) is 1. The lowest BCUT2D eigenvalue weighted by molar-refractivity contribution is 0.0560. The number of benzene rings is 1. The first-order valence-electron chi connectivity index (χ1n) is 7.04. The van der Waals surface area contributed by atoms with Crippen LogP contribution in [0.2, 0.25) is 5.02 Å². The molecule has 1 atom stereocenters. The highest BCUT2D eigenvalue weighted by atomic mass is 35.5. The lowest BCUT2D eigenvalue weighted by Crippen LogP contribution is -2.31. The van der Waals surface area contributed by atoms with Crippen molar-refractivity contribution < 1.29 is 5.11 Å². The number of hydrogen-bond donors (Lipinski definition) is 2. The van der Waals surface area contributed by atoms with E-state index in [1.165, 1.54) is 0 Å². The number of aliphatic hydroxyl groups is 1. The van der Waals surface area contributed by atoms with Crippen LogP contribution in [0.5, 0.6) is 0 Å². The van der Waals surface area contributed by atoms with Gasteiger partial charge in [0.05, 0.1) is 18.3 Å². The Labute approximate surface area is 131 Å². The van der Waals surface area contributed by atoms with Crippen LogP contribution in [0.25, 0.3) is 10.9 Å². The Morgan fingerprint density at radius 2 is 2.23 bits per heavy atom. The Hall–Kier alpha value is -2.18. The largest absolute Gasteiger partial charge is 0.381 e. The van der Waals surface area contributed by atoms with Crippen LogP contribution in [0, 0.1) is 0 Å². The number of pyridine rings is 1. The third-order valence-corrected chi connectivity index (χ3v) is 4.40. The Morgan fingerprint density at radius 3 is 3.05 bits per heavy atom. The zero-order valence-corrected chi connectivity index (χ0v) is 12.5. The first-order chi connectivity index (χ1) is 10.7. The predicted octanol–water partition coefficient (Wildman–Crippen LogP) is 2.10. The number of halogens is 1. The fourth-order valence-electron chi connectivity index (χ4n) is 3.02. The minimum atomic E-state index is -0.977. The number of rotatable bonds is 2. The van der Waals surface area contributed by atoms with Gasteiger partial charge < -0.3 is 10.0 Å². The molecule has 7 heteroatoms. The molecule has 112 valence electrons. The van der Waals surface area contributed by atoms with E-state index in [2.05, 4.69) is 25.3 Å². The van der Waals surface area contributed by atoms with Crippen molar-refractivity contribution in [3.05, 3.63) is 47.4 Å². The van der Waals surface area contributed by atoms with E-state index < -0.39 is 5.60 Å². The van der Waals surface area contributed by atoms with Crippen molar-refractivity contribution in [3.63, 3.8) is 0 Å². The number of nitrogens with zero attached hydrogens (tertiary/aromatic N) is 4. The van der Waals surface area contributed by atoms with E-state index in [1.807, 2.05) is 24.3 Å². The fourth-order valence-corrected chi connectivity index (χ4v) is 3.18. The monoisotopic (exact) mass is 315 g/mol. The molecule has 3 heterocycles. The zero-order valence-electron chi connectivity index (χ0n) is 11.7. The van der Waals surface area contributed by atoms with Gasteiger partial charge in [-0.3, -0.25) is 4.98 Å². The van der Waals surface area contributed by atoms with Gasteiger partial charge in [-0.25, -0.2) is 0 Å². The van der Waals surface area contributed by atoms with Gasteiger partial charge in [0.15, 0.2) is 0 Å². The van der Waals surface area contributed by atoms with Crippen LogP contribution in [0.4, 0.5) is 5.69 Å². The maximum atomic E-state index is 10.8. The molecule has 0 bridgehead atoms. The van der Waals surface area contributed by atoms with Crippen LogP contribution in [0.1, 0.15) is 12.1 Å². The number of β-amino-alcohol motifs (C(OH)–C–C–N with tert-alkyl or cyclic N) is 1. The maximum Gasteiger partial charge on any atom is 0.129 e. The van der Waals surface area contributed by atoms with Gasteiger partial charge in [0, 0.05) is 35.3 Å². The number of anilines is 1. The third kappa shape index (κ3) is 2.12. The molecule has 0 amide bonds. The summed E-state index contributed by atoms with van der Waals surface area (Å²) in [4.78, 5) is 6.50. The van der Waals surface area contributed by atoms with Gasteiger partial charge in [0.2, 0.25) is 0 Å². The van der Waals surface area contributed by atoms with Gasteiger partial charge in [-0.1, -0.05) is 11.6 Å². The van der Waals surface area contributed by atoms with E-state index in [0.717, 1.165) is 23.1 Å². The summed E-state index contributed by atoms with van der Waals surface area (Å²) in [6.07, 6.45) is 3.95. The standard InChI is InChI=1S/C15H14ClN5O/c16-10-1-2-11-12(7-10)17-5-3-13(11)21-6-4-15(22,9-21)14-8-18-20-19-14/h1-3,5,7-8,22H,4,6,9H2,(H,18,19,20)/t15-/m1/s1. The van der Waals surface area contributed by atoms with Gasteiger partial charge >= 0.3 is 0 Å². The Morgan fingerprint density at radius 1 is 1.32 bits per heavy atom. The lowest BCUT2D eigenvalue weighted by atomic mass is 10.00. The van der Waals surface area contributed by atoms with Crippen molar-refractivity contribution in [2.24, 2.45) is 0 Å². The van der Waals surface area contributed by atoms with Crippen molar-refractivity contribution in [2.75, 3.05) is 18.0 Å². The zero-order chi connectivity index (χ0) is 15.2. The summed E-state index contributed by atoms with van der Waals surface area (Å²) in [5.74, 6) is 0. The van der Waals surface area contributed by atoms with Gasteiger partial charge in [-0.15, -0.1) is 0 Å². The van der Waals surface area contributed by atoms with Crippen LogP contribution in [0.15, 0.2) is 36.7 Å². The first kappa shape index (κ1) is 13.5. The Bertz CT molecular complexity index is 822. The molecule has 1 aromatic carbocycles. The van der Waals surface area contributed by atoms with Crippen LogP contribution in [-0.4, -0.2) is 38.6 Å². The average molecular weight is 316 g/mol. The highest BCUT2D eigenvalue weighted by Gasteiger charge is 2.40. The molecular formula is C15H14ClN5O. The molecule has 0 unspecified atom stereocenters. The normalized spacial score (nSPS) is 21.6. The Kier molecular flexibility index (Phi) is 3.02. The van der Waals surface area contributed by atoms with E-state index >= 15 is 0 Å². The minimum absolute atomic E-state index is 0.473. The molecule has 1 aliphatic rings. The number of H-pyrrole nitrogens is 1. The number of aromatic nitrogens is 4. The van der Waals surface area contributed by atoms with Crippen LogP contribution in [-0.2, 0) is 5.60 Å². The highest BCUT2D eigenvalue weighted by molar-refractivity contribution is 6.31. The number of aromatic amines is 1. The lowest BCUT2D eigenvalue weighted by Gasteiger charge is -2.23. The van der Waals surface area contributed by atoms with E-state index in [9.17, 15) is 5.11 Å². The molecule has 1 aliphatic heterocycles. The van der Waals surface area contributed by atoms with Crippen LogP contribution >= 0.6 is 11.6 Å². The molecule has 0 spiro atoms. The molecular weight excluding hydrogens is 302 g/mol. The van der Waals surface area contributed by atoms with Crippen molar-refractivity contribution in [3.8, 4) is 0 Å². The molecule has 4 rings (SSSR count). The van der Waals surface area contributed by atoms with Crippen LogP contribution < -0.4 is 4.90 Å². The van der Waals surface area contributed by atoms with Crippen molar-refractivity contribution in [2.45, 2.75) is 12.0 Å². The molecule has 0 saturated carbocycles. The van der Waals surface area contributed by atoms with E-state index in [0.29, 0.717) is 23.7 Å². The molecule has 6 nitrogen and oxygen atoms in total. The van der Waals surface area contributed by atoms with Gasteiger partial charge in [-0.05, 0) is 24.3 Å². The predicted molar refractivity (Wildman–Crippen MR) is 83.9 cm³/mol. The Balaban J connectivity index is 1.72. The topological polar surface area (TPSA) is 77.9 Å². The fraction of sp³-hybridized carbons (Fsp3) is 0.267. The summed E-state index contributed by atoms with van der Waals surface area (Å²) in [5.41, 5.74) is 1.49. The van der Waals surface area contributed by atoms with Gasteiger partial charge in [-0.2, -0.15) is 15.4 Å². The highest BCUT2D eigenvalue weighted by Crippen LogP contribution is 2.36. The third-order valence-electron chi connectivity index (χ3n) is 4.16. The molecule has 2 N–H and O–H groups in total. The second-order valence-corrected chi connectivity index (χ2v) is 5.99. The van der Waals surface area contributed by atoms with Crippen molar-refractivity contribution in [1.82, 2.24) is 20.4 Å². The number of fused-ring (bicyclic) bond motifs is 1. The van der Waals surface area contributed by atoms with Gasteiger partial charge in [0.25, 0.3) is 0 Å². The van der Waals surface area contributed by atoms with E-state index in [1.54, 1.807) is 12.4 Å². The molecule has 2 aromatic heterocycles. The number of hydrogen-bond acceptors (Lipinski definition) is 5. The summed E-state index contributed by atoms with van der Waals surface area (Å²) < 4.78 is 0. The molecule has 1 fully saturated rings. The summed E-state index contributed by atoms with van der Waals surface area (Å²) in [5, 5.41) is 22.9. The maximum absolute atomic E-state index is 10.8.